The number of fused-ring (bicyclic) bond motifs is 1. The largest absolute Gasteiger partial charge is 0.417 e. The number of carbonyl (C=O) groups is 1. The van der Waals surface area contributed by atoms with Crippen LogP contribution in [0.15, 0.2) is 30.3 Å². The summed E-state index contributed by atoms with van der Waals surface area (Å²) in [5.74, 6) is -2.44. The van der Waals surface area contributed by atoms with Gasteiger partial charge in [-0.25, -0.2) is 8.78 Å². The molecule has 0 saturated heterocycles. The number of rotatable bonds is 4. The molecule has 9 heteroatoms. The van der Waals surface area contributed by atoms with Gasteiger partial charge in [-0.1, -0.05) is 0 Å². The molecule has 28 heavy (non-hydrogen) atoms. The molecular formula is C19H14F5N3O. The second kappa shape index (κ2) is 7.46. The number of benzene rings is 2. The van der Waals surface area contributed by atoms with Gasteiger partial charge in [0.2, 0.25) is 5.91 Å². The van der Waals surface area contributed by atoms with Gasteiger partial charge < -0.3 is 10.2 Å². The maximum absolute atomic E-state index is 13.4. The summed E-state index contributed by atoms with van der Waals surface area (Å²) in [5.41, 5.74) is -0.593. The van der Waals surface area contributed by atoms with E-state index in [1.807, 2.05) is 0 Å². The van der Waals surface area contributed by atoms with Crippen LogP contribution >= 0.6 is 0 Å². The quantitative estimate of drug-likeness (QED) is 0.788. The van der Waals surface area contributed by atoms with Crippen LogP contribution in [-0.2, 0) is 17.4 Å². The number of amides is 1. The van der Waals surface area contributed by atoms with Crippen molar-refractivity contribution in [3.8, 4) is 6.07 Å². The number of nitrogens with one attached hydrogen (secondary N) is 1. The van der Waals surface area contributed by atoms with Gasteiger partial charge in [0.05, 0.1) is 17.2 Å². The van der Waals surface area contributed by atoms with E-state index in [0.717, 1.165) is 18.2 Å². The lowest BCUT2D eigenvalue weighted by atomic mass is 10.1. The predicted molar refractivity (Wildman–Crippen MR) is 91.7 cm³/mol. The van der Waals surface area contributed by atoms with Crippen LogP contribution in [0, 0.1) is 23.0 Å². The first kappa shape index (κ1) is 19.6. The Morgan fingerprint density at radius 3 is 2.57 bits per heavy atom. The SMILES string of the molecule is N#Cc1ccc(NC(=O)CCN2CCc3cc(F)c(F)cc32)cc1C(F)(F)F. The zero-order chi connectivity index (χ0) is 20.5. The van der Waals surface area contributed by atoms with Crippen molar-refractivity contribution in [3.05, 3.63) is 58.7 Å². The maximum Gasteiger partial charge on any atom is 0.417 e. The van der Waals surface area contributed by atoms with Gasteiger partial charge in [0.15, 0.2) is 11.6 Å². The number of nitrogens with zero attached hydrogens (tertiary/aromatic N) is 2. The standard InChI is InChI=1S/C19H14F5N3O/c20-15-7-11-3-5-27(17(11)9-16(15)21)6-4-18(28)26-13-2-1-12(10-25)14(8-13)19(22,23)24/h1-2,7-9H,3-6H2,(H,26,28). The van der Waals surface area contributed by atoms with E-state index in [-0.39, 0.29) is 18.7 Å². The third-order valence-electron chi connectivity index (χ3n) is 4.45. The Balaban J connectivity index is 1.65. The topological polar surface area (TPSA) is 56.1 Å². The molecule has 0 radical (unpaired) electrons. The van der Waals surface area contributed by atoms with Gasteiger partial charge in [-0.15, -0.1) is 0 Å². The van der Waals surface area contributed by atoms with E-state index in [9.17, 15) is 26.7 Å². The van der Waals surface area contributed by atoms with Gasteiger partial charge in [-0.3, -0.25) is 4.79 Å². The number of anilines is 2. The van der Waals surface area contributed by atoms with E-state index in [1.165, 1.54) is 12.1 Å². The Morgan fingerprint density at radius 1 is 1.18 bits per heavy atom. The van der Waals surface area contributed by atoms with Crippen molar-refractivity contribution in [1.29, 1.82) is 5.26 Å². The average Bonchev–Trinajstić information content (AvgIpc) is 3.01. The fourth-order valence-corrected chi connectivity index (χ4v) is 3.09. The lowest BCUT2D eigenvalue weighted by molar-refractivity contribution is -0.137. The van der Waals surface area contributed by atoms with Crippen LogP contribution in [0.25, 0.3) is 0 Å². The molecular weight excluding hydrogens is 381 g/mol. The monoisotopic (exact) mass is 395 g/mol. The molecule has 3 rings (SSSR count). The van der Waals surface area contributed by atoms with Crippen molar-refractivity contribution < 1.29 is 26.7 Å². The summed E-state index contributed by atoms with van der Waals surface area (Å²) < 4.78 is 65.6. The van der Waals surface area contributed by atoms with Crippen molar-refractivity contribution in [2.24, 2.45) is 0 Å². The number of alkyl halides is 3. The van der Waals surface area contributed by atoms with Crippen molar-refractivity contribution in [2.75, 3.05) is 23.3 Å². The van der Waals surface area contributed by atoms with Gasteiger partial charge in [-0.2, -0.15) is 18.4 Å². The highest BCUT2D eigenvalue weighted by Gasteiger charge is 2.34. The zero-order valence-corrected chi connectivity index (χ0v) is 14.4. The van der Waals surface area contributed by atoms with E-state index in [0.29, 0.717) is 30.3 Å². The van der Waals surface area contributed by atoms with E-state index < -0.39 is 34.8 Å². The van der Waals surface area contributed by atoms with Crippen LogP contribution in [0.1, 0.15) is 23.1 Å². The Kier molecular flexibility index (Phi) is 5.23. The minimum absolute atomic E-state index is 0.0558. The van der Waals surface area contributed by atoms with Gasteiger partial charge in [-0.05, 0) is 36.2 Å². The molecule has 0 aliphatic carbocycles. The van der Waals surface area contributed by atoms with Crippen molar-refractivity contribution in [3.63, 3.8) is 0 Å². The summed E-state index contributed by atoms with van der Waals surface area (Å²) in [7, 11) is 0. The summed E-state index contributed by atoms with van der Waals surface area (Å²) in [6.07, 6.45) is -4.26. The summed E-state index contributed by atoms with van der Waals surface area (Å²) in [4.78, 5) is 13.8. The number of carbonyl (C=O) groups excluding carboxylic acids is 1. The normalized spacial score (nSPS) is 13.2. The third kappa shape index (κ3) is 4.06. The Labute approximate surface area is 157 Å². The summed E-state index contributed by atoms with van der Waals surface area (Å²) in [5, 5.41) is 11.1. The molecule has 1 aliphatic heterocycles. The Bertz CT molecular complexity index is 965. The molecule has 0 atom stereocenters. The van der Waals surface area contributed by atoms with Crippen LogP contribution in [0.2, 0.25) is 0 Å². The molecule has 4 nitrogen and oxygen atoms in total. The number of hydrogen-bond acceptors (Lipinski definition) is 3. The van der Waals surface area contributed by atoms with Crippen LogP contribution in [0.3, 0.4) is 0 Å². The summed E-state index contributed by atoms with van der Waals surface area (Å²) in [6.45, 7) is 0.687. The molecule has 1 heterocycles. The smallest absolute Gasteiger partial charge is 0.370 e. The number of hydrogen-bond donors (Lipinski definition) is 1. The van der Waals surface area contributed by atoms with Crippen molar-refractivity contribution >= 4 is 17.3 Å². The highest BCUT2D eigenvalue weighted by molar-refractivity contribution is 5.91. The Hall–Kier alpha value is -3.15. The lowest BCUT2D eigenvalue weighted by Gasteiger charge is -2.19. The molecule has 146 valence electrons. The predicted octanol–water partition coefficient (Wildman–Crippen LogP) is 4.25. The minimum Gasteiger partial charge on any atom is -0.370 e. The maximum atomic E-state index is 13.4. The van der Waals surface area contributed by atoms with Crippen LogP contribution in [0.4, 0.5) is 33.3 Å². The van der Waals surface area contributed by atoms with E-state index in [1.54, 1.807) is 4.90 Å². The third-order valence-corrected chi connectivity index (χ3v) is 4.45. The average molecular weight is 395 g/mol. The van der Waals surface area contributed by atoms with Crippen LogP contribution in [-0.4, -0.2) is 19.0 Å². The second-order valence-electron chi connectivity index (χ2n) is 6.30. The zero-order valence-electron chi connectivity index (χ0n) is 14.4. The molecule has 0 aromatic heterocycles. The fraction of sp³-hybridized carbons (Fsp3) is 0.263. The van der Waals surface area contributed by atoms with Crippen molar-refractivity contribution in [2.45, 2.75) is 19.0 Å². The van der Waals surface area contributed by atoms with E-state index in [2.05, 4.69) is 5.32 Å². The van der Waals surface area contributed by atoms with Crippen LogP contribution < -0.4 is 10.2 Å². The summed E-state index contributed by atoms with van der Waals surface area (Å²) in [6, 6.07) is 6.58. The molecule has 2 aromatic rings. The first-order valence-corrected chi connectivity index (χ1v) is 8.33. The highest BCUT2D eigenvalue weighted by atomic mass is 19.4. The molecule has 2 aromatic carbocycles. The molecule has 0 saturated carbocycles. The van der Waals surface area contributed by atoms with Crippen LogP contribution in [0.5, 0.6) is 0 Å². The van der Waals surface area contributed by atoms with Gasteiger partial charge in [0.1, 0.15) is 0 Å². The molecule has 1 aliphatic rings. The Morgan fingerprint density at radius 2 is 1.89 bits per heavy atom. The van der Waals surface area contributed by atoms with Crippen molar-refractivity contribution in [1.82, 2.24) is 0 Å². The molecule has 1 amide bonds. The van der Waals surface area contributed by atoms with Gasteiger partial charge in [0.25, 0.3) is 0 Å². The molecule has 0 bridgehead atoms. The molecule has 0 fully saturated rings. The first-order chi connectivity index (χ1) is 13.2. The first-order valence-electron chi connectivity index (χ1n) is 8.33. The molecule has 1 N–H and O–H groups in total. The van der Waals surface area contributed by atoms with Gasteiger partial charge in [0, 0.05) is 37.0 Å². The van der Waals surface area contributed by atoms with Gasteiger partial charge >= 0.3 is 6.18 Å². The summed E-state index contributed by atoms with van der Waals surface area (Å²) >= 11 is 0. The highest BCUT2D eigenvalue weighted by Crippen LogP contribution is 2.34. The van der Waals surface area contributed by atoms with E-state index >= 15 is 0 Å². The fourth-order valence-electron chi connectivity index (χ4n) is 3.09. The number of halogens is 5. The minimum atomic E-state index is -4.72. The molecule has 0 spiro atoms. The van der Waals surface area contributed by atoms with E-state index in [4.69, 9.17) is 5.26 Å². The lowest BCUT2D eigenvalue weighted by Crippen LogP contribution is -2.26. The molecule has 0 unspecified atom stereocenters. The second-order valence-corrected chi connectivity index (χ2v) is 6.30. The number of nitriles is 1.